The Kier molecular flexibility index (Phi) is 5.09. The van der Waals surface area contributed by atoms with Crippen LogP contribution in [-0.4, -0.2) is 38.9 Å². The molecular formula is C20H21N7O. The molecular weight excluding hydrogens is 354 g/mol. The Morgan fingerprint density at radius 3 is 2.64 bits per heavy atom. The zero-order valence-electron chi connectivity index (χ0n) is 15.4. The first-order valence-electron chi connectivity index (χ1n) is 9.26. The van der Waals surface area contributed by atoms with Crippen LogP contribution in [0.2, 0.25) is 0 Å². The predicted octanol–water partition coefficient (Wildman–Crippen LogP) is 2.76. The maximum absolute atomic E-state index is 12.5. The van der Waals surface area contributed by atoms with Crippen LogP contribution < -0.4 is 16.0 Å². The molecule has 0 saturated carbocycles. The van der Waals surface area contributed by atoms with Crippen LogP contribution in [-0.2, 0) is 0 Å². The van der Waals surface area contributed by atoms with E-state index in [9.17, 15) is 4.79 Å². The molecule has 0 aromatic carbocycles. The van der Waals surface area contributed by atoms with Crippen molar-refractivity contribution >= 4 is 23.5 Å². The predicted molar refractivity (Wildman–Crippen MR) is 108 cm³/mol. The fourth-order valence-corrected chi connectivity index (χ4v) is 3.12. The minimum Gasteiger partial charge on any atom is -0.384 e. The lowest BCUT2D eigenvalue weighted by atomic mass is 10.1. The summed E-state index contributed by atoms with van der Waals surface area (Å²) in [5.74, 6) is 1.23. The van der Waals surface area contributed by atoms with Crippen LogP contribution in [0, 0.1) is 0 Å². The van der Waals surface area contributed by atoms with Gasteiger partial charge in [-0.25, -0.2) is 9.97 Å². The van der Waals surface area contributed by atoms with Gasteiger partial charge in [0.25, 0.3) is 5.91 Å². The summed E-state index contributed by atoms with van der Waals surface area (Å²) < 4.78 is 0. The topological polar surface area (TPSA) is 110 Å². The summed E-state index contributed by atoms with van der Waals surface area (Å²) in [4.78, 5) is 32.1. The van der Waals surface area contributed by atoms with Crippen LogP contribution in [0.3, 0.4) is 0 Å². The van der Waals surface area contributed by atoms with Gasteiger partial charge in [0.15, 0.2) is 0 Å². The maximum atomic E-state index is 12.5. The molecule has 8 heteroatoms. The molecule has 3 aromatic heterocycles. The molecule has 8 nitrogen and oxygen atoms in total. The third-order valence-corrected chi connectivity index (χ3v) is 4.60. The van der Waals surface area contributed by atoms with Gasteiger partial charge < -0.3 is 16.0 Å². The first-order chi connectivity index (χ1) is 13.7. The van der Waals surface area contributed by atoms with Crippen LogP contribution in [0.1, 0.15) is 29.6 Å². The van der Waals surface area contributed by atoms with Crippen LogP contribution >= 0.6 is 0 Å². The lowest BCUT2D eigenvalue weighted by molar-refractivity contribution is 0.102. The molecule has 1 saturated heterocycles. The molecule has 4 rings (SSSR count). The first-order valence-corrected chi connectivity index (χ1v) is 9.26. The molecule has 4 heterocycles. The second-order valence-corrected chi connectivity index (χ2v) is 6.65. The van der Waals surface area contributed by atoms with Gasteiger partial charge in [0.2, 0.25) is 5.95 Å². The van der Waals surface area contributed by atoms with Crippen molar-refractivity contribution in [2.24, 2.45) is 0 Å². The molecule has 0 spiro atoms. The van der Waals surface area contributed by atoms with E-state index in [0.29, 0.717) is 28.8 Å². The SMILES string of the molecule is Nc1ccc(-c2cc(NC(=O)c3cccnc3)nc(N3CCCCC3)n2)cn1. The van der Waals surface area contributed by atoms with Crippen molar-refractivity contribution in [2.45, 2.75) is 19.3 Å². The monoisotopic (exact) mass is 375 g/mol. The van der Waals surface area contributed by atoms with E-state index in [0.717, 1.165) is 31.5 Å². The lowest BCUT2D eigenvalue weighted by Gasteiger charge is -2.27. The quantitative estimate of drug-likeness (QED) is 0.721. The van der Waals surface area contributed by atoms with Gasteiger partial charge in [-0.05, 0) is 43.5 Å². The van der Waals surface area contributed by atoms with Gasteiger partial charge >= 0.3 is 0 Å². The van der Waals surface area contributed by atoms with Gasteiger partial charge in [0.05, 0.1) is 11.3 Å². The molecule has 0 atom stereocenters. The summed E-state index contributed by atoms with van der Waals surface area (Å²) in [5, 5.41) is 2.86. The number of nitrogens with zero attached hydrogens (tertiary/aromatic N) is 5. The number of hydrogen-bond acceptors (Lipinski definition) is 7. The third-order valence-electron chi connectivity index (χ3n) is 4.60. The van der Waals surface area contributed by atoms with Crippen molar-refractivity contribution in [3.05, 3.63) is 54.5 Å². The number of amides is 1. The van der Waals surface area contributed by atoms with E-state index in [1.54, 1.807) is 36.7 Å². The van der Waals surface area contributed by atoms with E-state index in [1.165, 1.54) is 12.6 Å². The summed E-state index contributed by atoms with van der Waals surface area (Å²) >= 11 is 0. The van der Waals surface area contributed by atoms with Crippen molar-refractivity contribution in [3.63, 3.8) is 0 Å². The minimum atomic E-state index is -0.266. The normalized spacial score (nSPS) is 13.9. The molecule has 0 radical (unpaired) electrons. The third kappa shape index (κ3) is 4.06. The Hall–Kier alpha value is -3.55. The first kappa shape index (κ1) is 17.8. The highest BCUT2D eigenvalue weighted by Gasteiger charge is 2.17. The standard InChI is InChI=1S/C20H21N7O/c21-17-7-6-14(13-23-17)16-11-18(25-19(28)15-5-4-8-22-12-15)26-20(24-16)27-9-2-1-3-10-27/h4-8,11-13H,1-3,9-10H2,(H2,21,23)(H,24,25,26,28). The second kappa shape index (κ2) is 7.99. The fourth-order valence-electron chi connectivity index (χ4n) is 3.12. The van der Waals surface area contributed by atoms with Gasteiger partial charge in [-0.3, -0.25) is 9.78 Å². The number of carbonyl (C=O) groups is 1. The molecule has 3 aromatic rings. The van der Waals surface area contributed by atoms with Crippen LogP contribution in [0.25, 0.3) is 11.3 Å². The number of nitrogen functional groups attached to an aromatic ring is 1. The fraction of sp³-hybridized carbons (Fsp3) is 0.250. The molecule has 28 heavy (non-hydrogen) atoms. The van der Waals surface area contributed by atoms with Crippen LogP contribution in [0.15, 0.2) is 48.9 Å². The second-order valence-electron chi connectivity index (χ2n) is 6.65. The molecule has 1 aliphatic heterocycles. The van der Waals surface area contributed by atoms with Crippen molar-refractivity contribution in [2.75, 3.05) is 29.0 Å². The van der Waals surface area contributed by atoms with Crippen molar-refractivity contribution in [1.29, 1.82) is 0 Å². The summed E-state index contributed by atoms with van der Waals surface area (Å²) in [6.45, 7) is 1.80. The van der Waals surface area contributed by atoms with Gasteiger partial charge in [-0.1, -0.05) is 0 Å². The molecule has 0 bridgehead atoms. The molecule has 0 aliphatic carbocycles. The average Bonchev–Trinajstić information content (AvgIpc) is 2.75. The highest BCUT2D eigenvalue weighted by molar-refractivity contribution is 6.03. The summed E-state index contributed by atoms with van der Waals surface area (Å²) in [6, 6.07) is 8.76. The number of nitrogens with two attached hydrogens (primary N) is 1. The minimum absolute atomic E-state index is 0.266. The number of nitrogens with one attached hydrogen (secondary N) is 1. The Morgan fingerprint density at radius 1 is 1.07 bits per heavy atom. The Bertz CT molecular complexity index is 954. The largest absolute Gasteiger partial charge is 0.384 e. The Labute approximate surface area is 162 Å². The molecule has 1 fully saturated rings. The highest BCUT2D eigenvalue weighted by atomic mass is 16.1. The summed E-state index contributed by atoms with van der Waals surface area (Å²) in [5.41, 5.74) is 7.66. The van der Waals surface area contributed by atoms with Crippen molar-refractivity contribution in [3.8, 4) is 11.3 Å². The summed E-state index contributed by atoms with van der Waals surface area (Å²) in [7, 11) is 0. The van der Waals surface area contributed by atoms with E-state index in [4.69, 9.17) is 10.7 Å². The van der Waals surface area contributed by atoms with Crippen LogP contribution in [0.4, 0.5) is 17.6 Å². The van der Waals surface area contributed by atoms with E-state index >= 15 is 0 Å². The lowest BCUT2D eigenvalue weighted by Crippen LogP contribution is -2.31. The number of hydrogen-bond donors (Lipinski definition) is 2. The summed E-state index contributed by atoms with van der Waals surface area (Å²) in [6.07, 6.45) is 8.24. The maximum Gasteiger partial charge on any atom is 0.258 e. The zero-order chi connectivity index (χ0) is 19.3. The van der Waals surface area contributed by atoms with E-state index < -0.39 is 0 Å². The molecule has 1 amide bonds. The molecule has 0 unspecified atom stereocenters. The highest BCUT2D eigenvalue weighted by Crippen LogP contribution is 2.25. The number of carbonyl (C=O) groups excluding carboxylic acids is 1. The average molecular weight is 375 g/mol. The smallest absolute Gasteiger partial charge is 0.258 e. The van der Waals surface area contributed by atoms with E-state index in [1.807, 2.05) is 6.07 Å². The van der Waals surface area contributed by atoms with Crippen LogP contribution in [0.5, 0.6) is 0 Å². The molecule has 1 aliphatic rings. The van der Waals surface area contributed by atoms with Crippen molar-refractivity contribution in [1.82, 2.24) is 19.9 Å². The van der Waals surface area contributed by atoms with Gasteiger partial charge in [-0.2, -0.15) is 4.98 Å². The van der Waals surface area contributed by atoms with Crippen molar-refractivity contribution < 1.29 is 4.79 Å². The zero-order valence-corrected chi connectivity index (χ0v) is 15.4. The van der Waals surface area contributed by atoms with Gasteiger partial charge in [-0.15, -0.1) is 0 Å². The van der Waals surface area contributed by atoms with Gasteiger partial charge in [0.1, 0.15) is 11.6 Å². The Balaban J connectivity index is 1.68. The number of piperidine rings is 1. The number of rotatable bonds is 4. The number of aromatic nitrogens is 4. The number of anilines is 3. The Morgan fingerprint density at radius 2 is 1.93 bits per heavy atom. The van der Waals surface area contributed by atoms with Gasteiger partial charge in [0, 0.05) is 43.3 Å². The van der Waals surface area contributed by atoms with E-state index in [-0.39, 0.29) is 5.91 Å². The number of pyridine rings is 2. The molecule has 142 valence electrons. The van der Waals surface area contributed by atoms with E-state index in [2.05, 4.69) is 25.2 Å². The molecule has 3 N–H and O–H groups in total.